The van der Waals surface area contributed by atoms with E-state index in [1.54, 1.807) is 24.3 Å². The quantitative estimate of drug-likeness (QED) is 0.741. The van der Waals surface area contributed by atoms with Gasteiger partial charge >= 0.3 is 5.69 Å². The Hall–Kier alpha value is -2.87. The predicted octanol–water partition coefficient (Wildman–Crippen LogP) is 1.14. The number of aromatic hydroxyl groups is 1. The van der Waals surface area contributed by atoms with Crippen LogP contribution in [0.5, 0.6) is 11.6 Å². The van der Waals surface area contributed by atoms with Gasteiger partial charge in [-0.05, 0) is 38.1 Å². The molecule has 0 radical (unpaired) electrons. The molecule has 0 bridgehead atoms. The molecule has 144 valence electrons. The van der Waals surface area contributed by atoms with Gasteiger partial charge in [0.2, 0.25) is 5.88 Å². The Kier molecular flexibility index (Phi) is 6.08. The van der Waals surface area contributed by atoms with Gasteiger partial charge in [0.1, 0.15) is 11.3 Å². The van der Waals surface area contributed by atoms with Crippen LogP contribution >= 0.6 is 0 Å². The molecule has 1 fully saturated rings. The summed E-state index contributed by atoms with van der Waals surface area (Å²) in [4.78, 5) is 33.2. The molecule has 0 spiro atoms. The summed E-state index contributed by atoms with van der Waals surface area (Å²) in [6.45, 7) is 3.47. The van der Waals surface area contributed by atoms with Gasteiger partial charge in [-0.3, -0.25) is 14.8 Å². The number of rotatable bonds is 6. The van der Waals surface area contributed by atoms with Crippen LogP contribution in [0.1, 0.15) is 24.8 Å². The smallest absolute Gasteiger partial charge is 0.335 e. The number of H-pyrrole nitrogens is 1. The lowest BCUT2D eigenvalue weighted by atomic mass is 10.1. The van der Waals surface area contributed by atoms with E-state index in [4.69, 9.17) is 4.74 Å². The number of aliphatic imine (C=N–C) groups is 1. The van der Waals surface area contributed by atoms with E-state index in [-0.39, 0.29) is 5.56 Å². The second-order valence-electron chi connectivity index (χ2n) is 6.44. The molecule has 0 aliphatic carbocycles. The van der Waals surface area contributed by atoms with Gasteiger partial charge in [0.15, 0.2) is 0 Å². The minimum atomic E-state index is -0.743. The number of likely N-dealkylation sites (tertiary alicyclic amines) is 1. The molecule has 1 aromatic heterocycles. The van der Waals surface area contributed by atoms with E-state index in [0.29, 0.717) is 18.0 Å². The third-order valence-electron chi connectivity index (χ3n) is 4.66. The van der Waals surface area contributed by atoms with Crippen molar-refractivity contribution in [1.29, 1.82) is 0 Å². The molecule has 1 aliphatic rings. The highest BCUT2D eigenvalue weighted by molar-refractivity contribution is 5.82. The number of aromatic amines is 1. The van der Waals surface area contributed by atoms with Gasteiger partial charge in [0, 0.05) is 12.8 Å². The number of ether oxygens (including phenoxy) is 1. The number of nitrogens with one attached hydrogen (secondary N) is 1. The second-order valence-corrected chi connectivity index (χ2v) is 6.44. The lowest BCUT2D eigenvalue weighted by Gasteiger charge is -2.25. The Balaban J connectivity index is 1.87. The molecule has 3 rings (SSSR count). The fraction of sp³-hybridized carbons (Fsp3) is 0.421. The minimum Gasteiger partial charge on any atom is -0.495 e. The maximum atomic E-state index is 12.3. The van der Waals surface area contributed by atoms with E-state index in [1.807, 2.05) is 0 Å². The zero-order valence-corrected chi connectivity index (χ0v) is 15.4. The van der Waals surface area contributed by atoms with Crippen molar-refractivity contribution in [2.24, 2.45) is 4.99 Å². The van der Waals surface area contributed by atoms with E-state index >= 15 is 0 Å². The summed E-state index contributed by atoms with van der Waals surface area (Å²) in [5.41, 5.74) is -1.14. The Morgan fingerprint density at radius 3 is 2.70 bits per heavy atom. The Bertz CT molecular complexity index is 926. The molecule has 1 saturated heterocycles. The SMILES string of the molecule is COc1ccccc1-n1c(O)c(C=NCCN2CCCCC2)c(=O)[nH]c1=O. The van der Waals surface area contributed by atoms with Crippen molar-refractivity contribution in [2.45, 2.75) is 19.3 Å². The summed E-state index contributed by atoms with van der Waals surface area (Å²) in [6.07, 6.45) is 5.00. The third-order valence-corrected chi connectivity index (χ3v) is 4.66. The van der Waals surface area contributed by atoms with Crippen molar-refractivity contribution in [3.05, 3.63) is 50.7 Å². The number of methoxy groups -OCH3 is 1. The van der Waals surface area contributed by atoms with Crippen LogP contribution < -0.4 is 16.0 Å². The van der Waals surface area contributed by atoms with Crippen molar-refractivity contribution in [3.63, 3.8) is 0 Å². The van der Waals surface area contributed by atoms with Crippen LogP contribution in [0.25, 0.3) is 5.69 Å². The average molecular weight is 372 g/mol. The molecule has 2 heterocycles. The molecule has 1 aromatic carbocycles. The van der Waals surface area contributed by atoms with Crippen molar-refractivity contribution in [2.75, 3.05) is 33.3 Å². The predicted molar refractivity (Wildman–Crippen MR) is 104 cm³/mol. The molecule has 1 aliphatic heterocycles. The maximum Gasteiger partial charge on any atom is 0.335 e. The van der Waals surface area contributed by atoms with Crippen LogP contribution in [0.2, 0.25) is 0 Å². The van der Waals surface area contributed by atoms with Crippen LogP contribution in [0.4, 0.5) is 0 Å². The molecule has 0 saturated carbocycles. The standard InChI is InChI=1S/C19H24N4O4/c1-27-16-8-4-3-7-15(16)23-18(25)14(17(24)21-19(23)26)13-20-9-12-22-10-5-2-6-11-22/h3-4,7-8,13,25H,2,5-6,9-12H2,1H3,(H,21,24,26). The molecular formula is C19H24N4O4. The summed E-state index contributed by atoms with van der Waals surface area (Å²) in [6, 6.07) is 6.74. The number of para-hydroxylation sites is 2. The first-order valence-electron chi connectivity index (χ1n) is 9.05. The zero-order chi connectivity index (χ0) is 19.2. The normalized spacial score (nSPS) is 15.3. The van der Waals surface area contributed by atoms with Crippen molar-refractivity contribution in [3.8, 4) is 17.3 Å². The van der Waals surface area contributed by atoms with Gasteiger partial charge in [-0.15, -0.1) is 0 Å². The van der Waals surface area contributed by atoms with E-state index in [2.05, 4.69) is 14.9 Å². The van der Waals surface area contributed by atoms with Crippen LogP contribution in [0.3, 0.4) is 0 Å². The largest absolute Gasteiger partial charge is 0.495 e. The monoisotopic (exact) mass is 372 g/mol. The number of benzene rings is 1. The fourth-order valence-electron chi connectivity index (χ4n) is 3.23. The summed E-state index contributed by atoms with van der Waals surface area (Å²) in [5, 5.41) is 10.6. The van der Waals surface area contributed by atoms with E-state index < -0.39 is 17.1 Å². The lowest BCUT2D eigenvalue weighted by molar-refractivity contribution is 0.235. The van der Waals surface area contributed by atoms with Crippen molar-refractivity contribution in [1.82, 2.24) is 14.5 Å². The van der Waals surface area contributed by atoms with Crippen molar-refractivity contribution < 1.29 is 9.84 Å². The molecule has 2 aromatic rings. The van der Waals surface area contributed by atoms with Gasteiger partial charge < -0.3 is 14.7 Å². The maximum absolute atomic E-state index is 12.3. The van der Waals surface area contributed by atoms with E-state index in [1.165, 1.54) is 32.6 Å². The second kappa shape index (κ2) is 8.68. The van der Waals surface area contributed by atoms with Crippen LogP contribution in [-0.4, -0.2) is 59.1 Å². The summed E-state index contributed by atoms with van der Waals surface area (Å²) < 4.78 is 6.25. The zero-order valence-electron chi connectivity index (χ0n) is 15.4. The first-order chi connectivity index (χ1) is 13.1. The van der Waals surface area contributed by atoms with Crippen molar-refractivity contribution >= 4 is 6.21 Å². The molecule has 2 N–H and O–H groups in total. The minimum absolute atomic E-state index is 0.0563. The van der Waals surface area contributed by atoms with Crippen LogP contribution in [-0.2, 0) is 0 Å². The highest BCUT2D eigenvalue weighted by Gasteiger charge is 2.17. The van der Waals surface area contributed by atoms with Gasteiger partial charge in [0.25, 0.3) is 5.56 Å². The van der Waals surface area contributed by atoms with Gasteiger partial charge in [-0.25, -0.2) is 9.36 Å². The highest BCUT2D eigenvalue weighted by atomic mass is 16.5. The van der Waals surface area contributed by atoms with Crippen LogP contribution in [0.15, 0.2) is 38.8 Å². The topological polar surface area (TPSA) is 99.9 Å². The molecule has 0 amide bonds. The summed E-state index contributed by atoms with van der Waals surface area (Å²) in [7, 11) is 1.47. The van der Waals surface area contributed by atoms with Gasteiger partial charge in [0.05, 0.1) is 19.3 Å². The summed E-state index contributed by atoms with van der Waals surface area (Å²) in [5.74, 6) is -0.0649. The Morgan fingerprint density at radius 2 is 1.96 bits per heavy atom. The number of hydrogen-bond donors (Lipinski definition) is 2. The third kappa shape index (κ3) is 4.28. The lowest BCUT2D eigenvalue weighted by Crippen LogP contribution is -2.32. The molecule has 0 unspecified atom stereocenters. The summed E-state index contributed by atoms with van der Waals surface area (Å²) >= 11 is 0. The molecular weight excluding hydrogens is 348 g/mol. The first kappa shape index (κ1) is 18.9. The Morgan fingerprint density at radius 1 is 1.22 bits per heavy atom. The number of nitrogens with zero attached hydrogens (tertiary/aromatic N) is 3. The molecule has 27 heavy (non-hydrogen) atoms. The average Bonchev–Trinajstić information content (AvgIpc) is 2.68. The van der Waals surface area contributed by atoms with Gasteiger partial charge in [-0.1, -0.05) is 18.6 Å². The van der Waals surface area contributed by atoms with E-state index in [9.17, 15) is 14.7 Å². The fourth-order valence-corrected chi connectivity index (χ4v) is 3.23. The molecule has 0 atom stereocenters. The van der Waals surface area contributed by atoms with Gasteiger partial charge in [-0.2, -0.15) is 0 Å². The van der Waals surface area contributed by atoms with Crippen LogP contribution in [0, 0.1) is 0 Å². The highest BCUT2D eigenvalue weighted by Crippen LogP contribution is 2.24. The molecule has 8 nitrogen and oxygen atoms in total. The number of piperidine rings is 1. The first-order valence-corrected chi connectivity index (χ1v) is 9.05. The number of hydrogen-bond acceptors (Lipinski definition) is 6. The number of aromatic nitrogens is 2. The molecule has 8 heteroatoms. The Labute approximate surface area is 156 Å². The van der Waals surface area contributed by atoms with E-state index in [0.717, 1.165) is 24.2 Å².